The van der Waals surface area contributed by atoms with Gasteiger partial charge in [-0.25, -0.2) is 0 Å². The fourth-order valence-electron chi connectivity index (χ4n) is 2.43. The van der Waals surface area contributed by atoms with Crippen molar-refractivity contribution in [3.05, 3.63) is 48.0 Å². The molecule has 0 aromatic heterocycles. The molecule has 1 aliphatic heterocycles. The highest BCUT2D eigenvalue weighted by Crippen LogP contribution is 2.30. The Labute approximate surface area is 146 Å². The minimum absolute atomic E-state index is 0.0961. The second-order valence-electron chi connectivity index (χ2n) is 6.11. The zero-order chi connectivity index (χ0) is 18.0. The Balaban J connectivity index is 1.71. The van der Waals surface area contributed by atoms with Crippen molar-refractivity contribution in [1.29, 1.82) is 0 Å². The average molecular weight is 340 g/mol. The summed E-state index contributed by atoms with van der Waals surface area (Å²) >= 11 is 0. The highest BCUT2D eigenvalue weighted by Gasteiger charge is 2.24. The smallest absolute Gasteiger partial charge is 0.265 e. The lowest BCUT2D eigenvalue weighted by atomic mass is 10.1. The van der Waals surface area contributed by atoms with Gasteiger partial charge in [-0.15, -0.1) is 0 Å². The fraction of sp³-hybridized carbons (Fsp3) is 0.263. The number of ether oxygens (including phenoxy) is 2. The molecule has 2 aromatic rings. The zero-order valence-electron chi connectivity index (χ0n) is 14.3. The number of fused-ring (bicyclic) bond motifs is 1. The maximum atomic E-state index is 12.4. The van der Waals surface area contributed by atoms with Crippen LogP contribution in [0.5, 0.6) is 11.5 Å². The molecule has 25 heavy (non-hydrogen) atoms. The van der Waals surface area contributed by atoms with E-state index in [0.29, 0.717) is 22.7 Å². The maximum Gasteiger partial charge on any atom is 0.265 e. The molecule has 0 radical (unpaired) electrons. The Morgan fingerprint density at radius 1 is 1.20 bits per heavy atom. The molecule has 2 N–H and O–H groups in total. The van der Waals surface area contributed by atoms with Crippen LogP contribution < -0.4 is 20.1 Å². The summed E-state index contributed by atoms with van der Waals surface area (Å²) < 4.78 is 11.1. The SMILES string of the molecule is CC(C)Oc1ccc(NC(=O)c2ccc3c(c2)OC(C)C(=O)N3)cc1. The molecule has 1 atom stereocenters. The van der Waals surface area contributed by atoms with Crippen molar-refractivity contribution in [1.82, 2.24) is 0 Å². The van der Waals surface area contributed by atoms with Gasteiger partial charge in [-0.1, -0.05) is 0 Å². The van der Waals surface area contributed by atoms with Gasteiger partial charge in [-0.3, -0.25) is 9.59 Å². The van der Waals surface area contributed by atoms with Crippen LogP contribution in [0.15, 0.2) is 42.5 Å². The summed E-state index contributed by atoms with van der Waals surface area (Å²) in [7, 11) is 0. The van der Waals surface area contributed by atoms with Gasteiger partial charge >= 0.3 is 0 Å². The third-order valence-electron chi connectivity index (χ3n) is 3.66. The monoisotopic (exact) mass is 340 g/mol. The van der Waals surface area contributed by atoms with E-state index < -0.39 is 6.10 Å². The number of nitrogens with one attached hydrogen (secondary N) is 2. The number of anilines is 2. The summed E-state index contributed by atoms with van der Waals surface area (Å²) in [5.41, 5.74) is 1.68. The van der Waals surface area contributed by atoms with Gasteiger partial charge in [0.2, 0.25) is 0 Å². The van der Waals surface area contributed by atoms with Crippen molar-refractivity contribution in [2.24, 2.45) is 0 Å². The van der Waals surface area contributed by atoms with Crippen LogP contribution in [0, 0.1) is 0 Å². The Morgan fingerprint density at radius 3 is 2.60 bits per heavy atom. The molecule has 6 nitrogen and oxygen atoms in total. The molecule has 2 aromatic carbocycles. The van der Waals surface area contributed by atoms with Crippen LogP contribution in [0.3, 0.4) is 0 Å². The highest BCUT2D eigenvalue weighted by atomic mass is 16.5. The van der Waals surface area contributed by atoms with Crippen molar-refractivity contribution in [2.75, 3.05) is 10.6 Å². The first-order chi connectivity index (χ1) is 11.9. The number of hydrogen-bond donors (Lipinski definition) is 2. The van der Waals surface area contributed by atoms with E-state index >= 15 is 0 Å². The first kappa shape index (κ1) is 16.8. The topological polar surface area (TPSA) is 76.7 Å². The number of hydrogen-bond acceptors (Lipinski definition) is 4. The van der Waals surface area contributed by atoms with E-state index in [1.54, 1.807) is 37.3 Å². The minimum atomic E-state index is -0.584. The van der Waals surface area contributed by atoms with Gasteiger partial charge in [0.1, 0.15) is 11.5 Å². The summed E-state index contributed by atoms with van der Waals surface area (Å²) in [6.07, 6.45) is -0.488. The van der Waals surface area contributed by atoms with E-state index in [-0.39, 0.29) is 17.9 Å². The molecule has 0 spiro atoms. The molecule has 1 heterocycles. The van der Waals surface area contributed by atoms with Gasteiger partial charge in [-0.2, -0.15) is 0 Å². The number of amides is 2. The quantitative estimate of drug-likeness (QED) is 0.894. The summed E-state index contributed by atoms with van der Waals surface area (Å²) in [4.78, 5) is 24.0. The summed E-state index contributed by atoms with van der Waals surface area (Å²) in [5, 5.41) is 5.57. The maximum absolute atomic E-state index is 12.4. The summed E-state index contributed by atoms with van der Waals surface area (Å²) in [5.74, 6) is 0.780. The lowest BCUT2D eigenvalue weighted by Gasteiger charge is -2.23. The number of carbonyl (C=O) groups is 2. The molecular formula is C19H20N2O4. The van der Waals surface area contributed by atoms with Crippen molar-refractivity contribution in [3.8, 4) is 11.5 Å². The predicted octanol–water partition coefficient (Wildman–Crippen LogP) is 3.45. The molecule has 1 aliphatic rings. The van der Waals surface area contributed by atoms with Crippen molar-refractivity contribution in [3.63, 3.8) is 0 Å². The van der Waals surface area contributed by atoms with Crippen LogP contribution in [0.25, 0.3) is 0 Å². The van der Waals surface area contributed by atoms with Gasteiger partial charge < -0.3 is 20.1 Å². The van der Waals surface area contributed by atoms with Crippen LogP contribution in [-0.4, -0.2) is 24.0 Å². The zero-order valence-corrected chi connectivity index (χ0v) is 14.3. The van der Waals surface area contributed by atoms with E-state index in [9.17, 15) is 9.59 Å². The van der Waals surface area contributed by atoms with Crippen LogP contribution in [-0.2, 0) is 4.79 Å². The molecule has 0 aliphatic carbocycles. The van der Waals surface area contributed by atoms with Crippen molar-refractivity contribution in [2.45, 2.75) is 33.0 Å². The second kappa shape index (κ2) is 6.84. The van der Waals surface area contributed by atoms with Crippen molar-refractivity contribution < 1.29 is 19.1 Å². The standard InChI is InChI=1S/C19H20N2O4/c1-11(2)24-15-7-5-14(6-8-15)20-19(23)13-4-9-16-17(10-13)25-12(3)18(22)21-16/h4-12H,1-3H3,(H,20,23)(H,21,22). The molecule has 6 heteroatoms. The van der Waals surface area contributed by atoms with Gasteiger partial charge in [0.15, 0.2) is 6.10 Å². The molecule has 2 amide bonds. The predicted molar refractivity (Wildman–Crippen MR) is 95.3 cm³/mol. The normalized spacial score (nSPS) is 15.8. The van der Waals surface area contributed by atoms with Crippen LogP contribution in [0.1, 0.15) is 31.1 Å². The second-order valence-corrected chi connectivity index (χ2v) is 6.11. The van der Waals surface area contributed by atoms with E-state index in [2.05, 4.69) is 10.6 Å². The molecule has 3 rings (SSSR count). The van der Waals surface area contributed by atoms with Crippen molar-refractivity contribution >= 4 is 23.2 Å². The lowest BCUT2D eigenvalue weighted by molar-refractivity contribution is -0.122. The Morgan fingerprint density at radius 2 is 1.92 bits per heavy atom. The molecule has 0 bridgehead atoms. The molecule has 0 saturated heterocycles. The van der Waals surface area contributed by atoms with Crippen LogP contribution in [0.4, 0.5) is 11.4 Å². The van der Waals surface area contributed by atoms with E-state index in [1.807, 2.05) is 26.0 Å². The Bertz CT molecular complexity index is 800. The largest absolute Gasteiger partial charge is 0.491 e. The number of carbonyl (C=O) groups excluding carboxylic acids is 2. The minimum Gasteiger partial charge on any atom is -0.491 e. The first-order valence-electron chi connectivity index (χ1n) is 8.12. The molecule has 130 valence electrons. The molecule has 1 unspecified atom stereocenters. The number of rotatable bonds is 4. The van der Waals surface area contributed by atoms with Crippen LogP contribution in [0.2, 0.25) is 0 Å². The summed E-state index contributed by atoms with van der Waals surface area (Å²) in [6, 6.07) is 12.1. The highest BCUT2D eigenvalue weighted by molar-refractivity contribution is 6.06. The third-order valence-corrected chi connectivity index (χ3v) is 3.66. The average Bonchev–Trinajstić information content (AvgIpc) is 2.57. The first-order valence-corrected chi connectivity index (χ1v) is 8.12. The van der Waals surface area contributed by atoms with Gasteiger partial charge in [0.05, 0.1) is 11.8 Å². The lowest BCUT2D eigenvalue weighted by Crippen LogP contribution is -2.34. The van der Waals surface area contributed by atoms with E-state index in [0.717, 1.165) is 5.75 Å². The van der Waals surface area contributed by atoms with Gasteiger partial charge in [0, 0.05) is 11.3 Å². The van der Waals surface area contributed by atoms with E-state index in [4.69, 9.17) is 9.47 Å². The Hall–Kier alpha value is -3.02. The number of benzene rings is 2. The van der Waals surface area contributed by atoms with Crippen LogP contribution >= 0.6 is 0 Å². The van der Waals surface area contributed by atoms with Gasteiger partial charge in [-0.05, 0) is 63.2 Å². The molecule has 0 fully saturated rings. The Kier molecular flexibility index (Phi) is 4.61. The fourth-order valence-corrected chi connectivity index (χ4v) is 2.43. The summed E-state index contributed by atoms with van der Waals surface area (Å²) in [6.45, 7) is 5.57. The third kappa shape index (κ3) is 3.91. The van der Waals surface area contributed by atoms with Gasteiger partial charge in [0.25, 0.3) is 11.8 Å². The molecular weight excluding hydrogens is 320 g/mol. The molecule has 0 saturated carbocycles. The van der Waals surface area contributed by atoms with E-state index in [1.165, 1.54) is 0 Å².